The molecule has 0 saturated carbocycles. The predicted molar refractivity (Wildman–Crippen MR) is 58.8 cm³/mol. The number of carbonyl (C=O) groups excluding carboxylic acids is 1. The molecule has 92 valence electrons. The van der Waals surface area contributed by atoms with E-state index in [1.165, 1.54) is 0 Å². The highest BCUT2D eigenvalue weighted by molar-refractivity contribution is 6.59. The van der Waals surface area contributed by atoms with Gasteiger partial charge in [-0.15, -0.1) is 0 Å². The monoisotopic (exact) mass is 243 g/mol. The van der Waals surface area contributed by atoms with Gasteiger partial charge in [0.15, 0.2) is 0 Å². The molecule has 17 heavy (non-hydrogen) atoms. The van der Waals surface area contributed by atoms with Crippen LogP contribution in [0.3, 0.4) is 0 Å². The minimum Gasteiger partial charge on any atom is -0.423 e. The summed E-state index contributed by atoms with van der Waals surface area (Å²) in [6.07, 6.45) is 0. The first kappa shape index (κ1) is 13.6. The van der Waals surface area contributed by atoms with Gasteiger partial charge in [-0.25, -0.2) is 8.78 Å². The summed E-state index contributed by atoms with van der Waals surface area (Å²) in [5.41, 5.74) is -1.36. The van der Waals surface area contributed by atoms with Gasteiger partial charge in [0.2, 0.25) is 0 Å². The summed E-state index contributed by atoms with van der Waals surface area (Å²) in [7, 11) is -2.30. The molecule has 0 fully saturated rings. The van der Waals surface area contributed by atoms with E-state index in [-0.39, 0.29) is 6.04 Å². The Kier molecular flexibility index (Phi) is 4.19. The maximum atomic E-state index is 13.7. The van der Waals surface area contributed by atoms with E-state index in [0.29, 0.717) is 0 Å². The Balaban J connectivity index is 3.19. The van der Waals surface area contributed by atoms with Crippen LogP contribution in [0.2, 0.25) is 0 Å². The number of hydrogen-bond acceptors (Lipinski definition) is 3. The van der Waals surface area contributed by atoms with Gasteiger partial charge in [0.25, 0.3) is 5.91 Å². The summed E-state index contributed by atoms with van der Waals surface area (Å²) in [6.45, 7) is 3.36. The third-order valence-corrected chi connectivity index (χ3v) is 2.05. The molecule has 0 aliphatic rings. The van der Waals surface area contributed by atoms with Crippen molar-refractivity contribution in [1.82, 2.24) is 5.32 Å². The molecule has 0 atom stereocenters. The maximum absolute atomic E-state index is 13.7. The lowest BCUT2D eigenvalue weighted by molar-refractivity contribution is 0.0939. The third-order valence-electron chi connectivity index (χ3n) is 2.05. The molecule has 0 aliphatic heterocycles. The van der Waals surface area contributed by atoms with Crippen molar-refractivity contribution in [3.63, 3.8) is 0 Å². The summed E-state index contributed by atoms with van der Waals surface area (Å²) in [4.78, 5) is 11.5. The van der Waals surface area contributed by atoms with Crippen molar-refractivity contribution in [3.8, 4) is 0 Å². The van der Waals surface area contributed by atoms with Gasteiger partial charge in [0.05, 0.1) is 11.0 Å². The van der Waals surface area contributed by atoms with Crippen molar-refractivity contribution < 1.29 is 23.6 Å². The molecule has 0 bridgehead atoms. The molecule has 1 aromatic carbocycles. The molecule has 0 saturated heterocycles. The molecular weight excluding hydrogens is 231 g/mol. The SMILES string of the molecule is CC(C)NC(=O)c1ccc(F)c(B(O)O)c1F. The van der Waals surface area contributed by atoms with E-state index in [1.54, 1.807) is 13.8 Å². The number of hydrogen-bond donors (Lipinski definition) is 3. The summed E-state index contributed by atoms with van der Waals surface area (Å²) in [5.74, 6) is -3.11. The Bertz CT molecular complexity index is 438. The zero-order chi connectivity index (χ0) is 13.2. The van der Waals surface area contributed by atoms with Crippen LogP contribution in [-0.2, 0) is 0 Å². The molecule has 1 amide bonds. The van der Waals surface area contributed by atoms with Crippen molar-refractivity contribution in [3.05, 3.63) is 29.3 Å². The van der Waals surface area contributed by atoms with Gasteiger partial charge < -0.3 is 15.4 Å². The van der Waals surface area contributed by atoms with Gasteiger partial charge in [0, 0.05) is 6.04 Å². The zero-order valence-corrected chi connectivity index (χ0v) is 9.37. The van der Waals surface area contributed by atoms with Gasteiger partial charge in [-0.1, -0.05) is 0 Å². The Labute approximate surface area is 97.4 Å². The highest BCUT2D eigenvalue weighted by atomic mass is 19.1. The van der Waals surface area contributed by atoms with Gasteiger partial charge in [-0.2, -0.15) is 0 Å². The van der Waals surface area contributed by atoms with E-state index in [1.807, 2.05) is 0 Å². The molecular formula is C10H12BF2NO3. The van der Waals surface area contributed by atoms with E-state index in [2.05, 4.69) is 5.32 Å². The van der Waals surface area contributed by atoms with Crippen LogP contribution in [0.1, 0.15) is 24.2 Å². The van der Waals surface area contributed by atoms with Gasteiger partial charge in [0.1, 0.15) is 11.6 Å². The lowest BCUT2D eigenvalue weighted by Crippen LogP contribution is -2.39. The number of nitrogens with one attached hydrogen (secondary N) is 1. The normalized spacial score (nSPS) is 10.5. The lowest BCUT2D eigenvalue weighted by Gasteiger charge is -2.11. The number of halogens is 2. The highest BCUT2D eigenvalue weighted by Gasteiger charge is 2.26. The summed E-state index contributed by atoms with van der Waals surface area (Å²) >= 11 is 0. The van der Waals surface area contributed by atoms with Crippen molar-refractivity contribution >= 4 is 18.5 Å². The fraction of sp³-hybridized carbons (Fsp3) is 0.300. The quantitative estimate of drug-likeness (QED) is 0.643. The van der Waals surface area contributed by atoms with Crippen LogP contribution in [0.25, 0.3) is 0 Å². The second kappa shape index (κ2) is 5.24. The lowest BCUT2D eigenvalue weighted by atomic mass is 9.78. The van der Waals surface area contributed by atoms with Crippen LogP contribution >= 0.6 is 0 Å². The number of benzene rings is 1. The fourth-order valence-electron chi connectivity index (χ4n) is 1.32. The molecule has 0 heterocycles. The van der Waals surface area contributed by atoms with Gasteiger partial charge in [-0.3, -0.25) is 4.79 Å². The zero-order valence-electron chi connectivity index (χ0n) is 9.37. The van der Waals surface area contributed by atoms with Crippen LogP contribution in [-0.4, -0.2) is 29.1 Å². The predicted octanol–water partition coefficient (Wildman–Crippen LogP) is -0.217. The topological polar surface area (TPSA) is 69.6 Å². The summed E-state index contributed by atoms with van der Waals surface area (Å²) in [5, 5.41) is 20.1. The van der Waals surface area contributed by atoms with Gasteiger partial charge >= 0.3 is 7.12 Å². The van der Waals surface area contributed by atoms with Crippen molar-refractivity contribution in [1.29, 1.82) is 0 Å². The smallest absolute Gasteiger partial charge is 0.423 e. The average molecular weight is 243 g/mol. The average Bonchev–Trinajstić information content (AvgIpc) is 2.15. The van der Waals surface area contributed by atoms with E-state index < -0.39 is 35.7 Å². The first-order chi connectivity index (χ1) is 7.84. The Morgan fingerprint density at radius 2 is 1.94 bits per heavy atom. The number of rotatable bonds is 3. The molecule has 0 spiro atoms. The molecule has 0 radical (unpaired) electrons. The van der Waals surface area contributed by atoms with Crippen molar-refractivity contribution in [2.75, 3.05) is 0 Å². The Morgan fingerprint density at radius 1 is 1.35 bits per heavy atom. The van der Waals surface area contributed by atoms with Gasteiger partial charge in [-0.05, 0) is 26.0 Å². The standard InChI is InChI=1S/C10H12BF2NO3/c1-5(2)14-10(15)6-3-4-7(12)8(9(6)13)11(16)17/h3-5,16-17H,1-2H3,(H,14,15). The molecule has 3 N–H and O–H groups in total. The van der Waals surface area contributed by atoms with E-state index in [9.17, 15) is 13.6 Å². The first-order valence-electron chi connectivity index (χ1n) is 4.99. The largest absolute Gasteiger partial charge is 0.494 e. The van der Waals surface area contributed by atoms with E-state index in [4.69, 9.17) is 10.0 Å². The van der Waals surface area contributed by atoms with Crippen LogP contribution < -0.4 is 10.8 Å². The second-order valence-electron chi connectivity index (χ2n) is 3.82. The molecule has 4 nitrogen and oxygen atoms in total. The summed E-state index contributed by atoms with van der Waals surface area (Å²) < 4.78 is 26.8. The maximum Gasteiger partial charge on any atom is 0.494 e. The minimum atomic E-state index is -2.30. The second-order valence-corrected chi connectivity index (χ2v) is 3.82. The molecule has 0 aromatic heterocycles. The summed E-state index contributed by atoms with van der Waals surface area (Å²) in [6, 6.07) is 1.55. The van der Waals surface area contributed by atoms with Crippen LogP contribution in [0.15, 0.2) is 12.1 Å². The van der Waals surface area contributed by atoms with Crippen molar-refractivity contribution in [2.45, 2.75) is 19.9 Å². The number of carbonyl (C=O) groups is 1. The van der Waals surface area contributed by atoms with E-state index >= 15 is 0 Å². The van der Waals surface area contributed by atoms with Crippen LogP contribution in [0.5, 0.6) is 0 Å². The molecule has 0 unspecified atom stereocenters. The van der Waals surface area contributed by atoms with Crippen LogP contribution in [0.4, 0.5) is 8.78 Å². The molecule has 1 aromatic rings. The molecule has 7 heteroatoms. The van der Waals surface area contributed by atoms with Crippen LogP contribution in [0, 0.1) is 11.6 Å². The number of amides is 1. The van der Waals surface area contributed by atoms with E-state index in [0.717, 1.165) is 12.1 Å². The minimum absolute atomic E-state index is 0.213. The first-order valence-corrected chi connectivity index (χ1v) is 4.99. The Hall–Kier alpha value is -1.47. The van der Waals surface area contributed by atoms with Crippen molar-refractivity contribution in [2.24, 2.45) is 0 Å². The third kappa shape index (κ3) is 3.01. The molecule has 0 aliphatic carbocycles. The molecule has 1 rings (SSSR count). The highest BCUT2D eigenvalue weighted by Crippen LogP contribution is 2.08. The fourth-order valence-corrected chi connectivity index (χ4v) is 1.32. The Morgan fingerprint density at radius 3 is 2.41 bits per heavy atom.